The van der Waals surface area contributed by atoms with Gasteiger partial charge in [-0.1, -0.05) is 0 Å². The molecule has 7 heteroatoms. The number of rotatable bonds is 3. The first-order valence-corrected chi connectivity index (χ1v) is 8.72. The van der Waals surface area contributed by atoms with E-state index in [-0.39, 0.29) is 36.3 Å². The molecule has 0 spiro atoms. The minimum atomic E-state index is -0.333. The summed E-state index contributed by atoms with van der Waals surface area (Å²) in [5, 5.41) is 2.97. The van der Waals surface area contributed by atoms with Crippen molar-refractivity contribution in [1.82, 2.24) is 15.1 Å². The van der Waals surface area contributed by atoms with Gasteiger partial charge in [-0.15, -0.1) is 0 Å². The van der Waals surface area contributed by atoms with Crippen molar-refractivity contribution in [2.45, 2.75) is 31.3 Å². The average molecular weight is 348 g/mol. The molecule has 2 aliphatic rings. The number of amides is 3. The van der Waals surface area contributed by atoms with Gasteiger partial charge in [0.25, 0.3) is 0 Å². The Kier molecular flexibility index (Phi) is 5.22. The highest BCUT2D eigenvalue weighted by atomic mass is 19.1. The monoisotopic (exact) mass is 348 g/mol. The van der Waals surface area contributed by atoms with E-state index in [0.717, 1.165) is 25.9 Å². The number of hydrogen-bond acceptors (Lipinski definition) is 3. The van der Waals surface area contributed by atoms with Crippen LogP contribution in [0.2, 0.25) is 0 Å². The van der Waals surface area contributed by atoms with Gasteiger partial charge in [-0.05, 0) is 57.2 Å². The van der Waals surface area contributed by atoms with Gasteiger partial charge in [0.2, 0.25) is 5.91 Å². The Hall–Kier alpha value is -2.15. The molecule has 136 valence electrons. The number of anilines is 1. The van der Waals surface area contributed by atoms with E-state index >= 15 is 0 Å². The van der Waals surface area contributed by atoms with Crippen molar-refractivity contribution in [3.05, 3.63) is 30.1 Å². The number of halogens is 1. The number of benzene rings is 1. The van der Waals surface area contributed by atoms with Gasteiger partial charge in [0.15, 0.2) is 0 Å². The fourth-order valence-corrected chi connectivity index (χ4v) is 3.50. The Morgan fingerprint density at radius 2 is 1.88 bits per heavy atom. The third-order valence-electron chi connectivity index (χ3n) is 5.15. The minimum Gasteiger partial charge on any atom is -0.333 e. The molecule has 0 bridgehead atoms. The summed E-state index contributed by atoms with van der Waals surface area (Å²) in [6, 6.07) is 5.73. The number of nitrogens with zero attached hydrogens (tertiary/aromatic N) is 3. The predicted octanol–water partition coefficient (Wildman–Crippen LogP) is 1.67. The molecular formula is C18H25FN4O2. The van der Waals surface area contributed by atoms with Gasteiger partial charge in [-0.3, -0.25) is 4.79 Å². The van der Waals surface area contributed by atoms with Crippen LogP contribution in [-0.2, 0) is 4.79 Å². The van der Waals surface area contributed by atoms with Crippen molar-refractivity contribution < 1.29 is 14.0 Å². The van der Waals surface area contributed by atoms with Crippen LogP contribution in [0.4, 0.5) is 14.9 Å². The highest BCUT2D eigenvalue weighted by molar-refractivity contribution is 5.96. The molecule has 0 radical (unpaired) electrons. The quantitative estimate of drug-likeness (QED) is 0.904. The van der Waals surface area contributed by atoms with E-state index in [2.05, 4.69) is 17.3 Å². The van der Waals surface area contributed by atoms with Crippen molar-refractivity contribution >= 4 is 17.6 Å². The molecule has 2 saturated heterocycles. The van der Waals surface area contributed by atoms with Crippen LogP contribution in [0.5, 0.6) is 0 Å². The van der Waals surface area contributed by atoms with E-state index in [9.17, 15) is 14.0 Å². The van der Waals surface area contributed by atoms with E-state index < -0.39 is 0 Å². The van der Waals surface area contributed by atoms with Gasteiger partial charge in [0, 0.05) is 31.7 Å². The topological polar surface area (TPSA) is 55.9 Å². The summed E-state index contributed by atoms with van der Waals surface area (Å²) in [5.41, 5.74) is 0.659. The lowest BCUT2D eigenvalue weighted by Gasteiger charge is -2.35. The van der Waals surface area contributed by atoms with E-state index in [1.807, 2.05) is 7.05 Å². The Balaban J connectivity index is 1.55. The molecule has 0 aromatic heterocycles. The molecule has 1 aromatic rings. The highest BCUT2D eigenvalue weighted by Gasteiger charge is 2.33. The van der Waals surface area contributed by atoms with Crippen molar-refractivity contribution in [3.63, 3.8) is 0 Å². The lowest BCUT2D eigenvalue weighted by molar-refractivity contribution is -0.117. The summed E-state index contributed by atoms with van der Waals surface area (Å²) in [6.07, 6.45) is 2.20. The molecule has 2 heterocycles. The van der Waals surface area contributed by atoms with Crippen LogP contribution in [0, 0.1) is 5.82 Å². The zero-order valence-electron chi connectivity index (χ0n) is 14.7. The third-order valence-corrected chi connectivity index (χ3v) is 5.15. The molecule has 1 aromatic carbocycles. The van der Waals surface area contributed by atoms with E-state index in [4.69, 9.17) is 0 Å². The zero-order chi connectivity index (χ0) is 18.0. The lowest BCUT2D eigenvalue weighted by atomic mass is 10.0. The summed E-state index contributed by atoms with van der Waals surface area (Å²) in [7, 11) is 3.91. The number of carbonyl (C=O) groups is 2. The molecule has 0 aliphatic carbocycles. The molecule has 2 aliphatic heterocycles. The van der Waals surface area contributed by atoms with Crippen LogP contribution in [0.25, 0.3) is 0 Å². The standard InChI is InChI=1S/C18H25FN4O2/c1-21-9-7-15(8-10-21)22(2)18(25)20-14-11-17(24)23(12-14)16-5-3-13(19)4-6-16/h3-6,14-15H,7-12H2,1-2H3,(H,20,25). The van der Waals surface area contributed by atoms with Crippen LogP contribution in [0.15, 0.2) is 24.3 Å². The fraction of sp³-hybridized carbons (Fsp3) is 0.556. The second-order valence-corrected chi connectivity index (χ2v) is 6.98. The summed E-state index contributed by atoms with van der Waals surface area (Å²) < 4.78 is 13.0. The number of hydrogen-bond donors (Lipinski definition) is 1. The molecule has 6 nitrogen and oxygen atoms in total. The van der Waals surface area contributed by atoms with E-state index in [1.165, 1.54) is 12.1 Å². The first-order valence-electron chi connectivity index (χ1n) is 8.72. The zero-order valence-corrected chi connectivity index (χ0v) is 14.7. The number of nitrogens with one attached hydrogen (secondary N) is 1. The molecule has 1 N–H and O–H groups in total. The Morgan fingerprint density at radius 3 is 2.52 bits per heavy atom. The first-order chi connectivity index (χ1) is 11.9. The largest absolute Gasteiger partial charge is 0.333 e. The van der Waals surface area contributed by atoms with Crippen LogP contribution < -0.4 is 10.2 Å². The second kappa shape index (κ2) is 7.39. The van der Waals surface area contributed by atoms with Crippen LogP contribution >= 0.6 is 0 Å². The highest BCUT2D eigenvalue weighted by Crippen LogP contribution is 2.22. The number of carbonyl (C=O) groups excluding carboxylic acids is 2. The predicted molar refractivity (Wildman–Crippen MR) is 94.0 cm³/mol. The smallest absolute Gasteiger partial charge is 0.317 e. The van der Waals surface area contributed by atoms with Gasteiger partial charge < -0.3 is 20.0 Å². The normalized spacial score (nSPS) is 22.3. The first kappa shape index (κ1) is 17.7. The van der Waals surface area contributed by atoms with Crippen molar-refractivity contribution in [3.8, 4) is 0 Å². The van der Waals surface area contributed by atoms with Crippen LogP contribution in [0.3, 0.4) is 0 Å². The molecule has 1 unspecified atom stereocenters. The average Bonchev–Trinajstić information content (AvgIpc) is 2.96. The van der Waals surface area contributed by atoms with Crippen molar-refractivity contribution in [2.75, 3.05) is 38.6 Å². The maximum Gasteiger partial charge on any atom is 0.317 e. The third kappa shape index (κ3) is 4.10. The molecule has 0 saturated carbocycles. The molecule has 3 rings (SSSR count). The lowest BCUT2D eigenvalue weighted by Crippen LogP contribution is -2.50. The van der Waals surface area contributed by atoms with Crippen LogP contribution in [-0.4, -0.2) is 67.6 Å². The van der Waals surface area contributed by atoms with Crippen molar-refractivity contribution in [2.24, 2.45) is 0 Å². The van der Waals surface area contributed by atoms with E-state index in [0.29, 0.717) is 12.2 Å². The maximum atomic E-state index is 13.0. The number of piperidine rings is 1. The van der Waals surface area contributed by atoms with Gasteiger partial charge in [0.1, 0.15) is 5.82 Å². The number of likely N-dealkylation sites (tertiary alicyclic amines) is 1. The van der Waals surface area contributed by atoms with Gasteiger partial charge in [0.05, 0.1) is 6.04 Å². The molecule has 2 fully saturated rings. The Labute approximate surface area is 147 Å². The van der Waals surface area contributed by atoms with E-state index in [1.54, 1.807) is 21.9 Å². The Bertz CT molecular complexity index is 628. The minimum absolute atomic E-state index is 0.0566. The SMILES string of the molecule is CN1CCC(N(C)C(=O)NC2CC(=O)N(c3ccc(F)cc3)C2)CC1. The van der Waals surface area contributed by atoms with Gasteiger partial charge >= 0.3 is 6.03 Å². The number of urea groups is 1. The second-order valence-electron chi connectivity index (χ2n) is 6.98. The molecular weight excluding hydrogens is 323 g/mol. The fourth-order valence-electron chi connectivity index (χ4n) is 3.50. The van der Waals surface area contributed by atoms with Gasteiger partial charge in [-0.25, -0.2) is 9.18 Å². The Morgan fingerprint density at radius 1 is 1.24 bits per heavy atom. The molecule has 25 heavy (non-hydrogen) atoms. The van der Waals surface area contributed by atoms with Crippen molar-refractivity contribution in [1.29, 1.82) is 0 Å². The summed E-state index contributed by atoms with van der Waals surface area (Å²) in [5.74, 6) is -0.390. The summed E-state index contributed by atoms with van der Waals surface area (Å²) >= 11 is 0. The summed E-state index contributed by atoms with van der Waals surface area (Å²) in [6.45, 7) is 2.39. The summed E-state index contributed by atoms with van der Waals surface area (Å²) in [4.78, 5) is 30.3. The maximum absolute atomic E-state index is 13.0. The molecule has 1 atom stereocenters. The molecule has 3 amide bonds. The van der Waals surface area contributed by atoms with Gasteiger partial charge in [-0.2, -0.15) is 0 Å². The van der Waals surface area contributed by atoms with Crippen LogP contribution in [0.1, 0.15) is 19.3 Å².